The normalized spacial score (nSPS) is 24.4. The molecule has 1 rings (SSSR count). The summed E-state index contributed by atoms with van der Waals surface area (Å²) < 4.78 is 5.18. The van der Waals surface area contributed by atoms with E-state index in [2.05, 4.69) is 5.32 Å². The lowest BCUT2D eigenvalue weighted by molar-refractivity contribution is 0.0491. The molecule has 1 amide bonds. The fraction of sp³-hybridized carbons (Fsp3) is 0.917. The van der Waals surface area contributed by atoms with Crippen molar-refractivity contribution in [2.75, 3.05) is 7.11 Å². The zero-order valence-corrected chi connectivity index (χ0v) is 11.3. The highest BCUT2D eigenvalue weighted by molar-refractivity contribution is 5.68. The Balaban J connectivity index is 0.00000121. The van der Waals surface area contributed by atoms with Crippen LogP contribution in [0.5, 0.6) is 0 Å². The van der Waals surface area contributed by atoms with E-state index in [1.807, 2.05) is 20.8 Å². The van der Waals surface area contributed by atoms with Crippen LogP contribution < -0.4 is 11.1 Å². The van der Waals surface area contributed by atoms with E-state index in [9.17, 15) is 4.79 Å². The number of ether oxygens (including phenoxy) is 1. The molecule has 0 radical (unpaired) electrons. The Morgan fingerprint density at radius 1 is 1.35 bits per heavy atom. The molecule has 1 unspecified atom stereocenters. The molecule has 0 aliphatic heterocycles. The Morgan fingerprint density at radius 2 is 1.94 bits per heavy atom. The van der Waals surface area contributed by atoms with Gasteiger partial charge in [0.05, 0.1) is 0 Å². The van der Waals surface area contributed by atoms with Gasteiger partial charge < -0.3 is 20.9 Å². The zero-order valence-electron chi connectivity index (χ0n) is 11.3. The van der Waals surface area contributed by atoms with E-state index in [-0.39, 0.29) is 18.2 Å². The monoisotopic (exact) mass is 246 g/mol. The van der Waals surface area contributed by atoms with Gasteiger partial charge in [0.25, 0.3) is 0 Å². The molecular weight excluding hydrogens is 220 g/mol. The number of hydrogen-bond acceptors (Lipinski definition) is 4. The largest absolute Gasteiger partial charge is 0.444 e. The molecule has 1 fully saturated rings. The van der Waals surface area contributed by atoms with Crippen LogP contribution in [0.2, 0.25) is 0 Å². The molecule has 0 aromatic carbocycles. The summed E-state index contributed by atoms with van der Waals surface area (Å²) in [5, 5.41) is 9.86. The standard InChI is InChI=1S/C11H22N2O2.CH4O/c1-11(2,3)15-10(14)13-9-6-4-5-8(12)7-9;1-2/h8-9H,4-7,12H2,1-3H3,(H,13,14);2H,1H3/t8?,9-;/m0./s1. The van der Waals surface area contributed by atoms with Crippen LogP contribution in [-0.2, 0) is 4.74 Å². The van der Waals surface area contributed by atoms with Gasteiger partial charge in [0, 0.05) is 19.2 Å². The molecule has 0 saturated heterocycles. The molecule has 0 spiro atoms. The van der Waals surface area contributed by atoms with Gasteiger partial charge in [-0.25, -0.2) is 4.79 Å². The van der Waals surface area contributed by atoms with Crippen LogP contribution in [0.15, 0.2) is 0 Å². The molecule has 0 aromatic heterocycles. The van der Waals surface area contributed by atoms with Gasteiger partial charge in [-0.05, 0) is 46.5 Å². The van der Waals surface area contributed by atoms with Crippen LogP contribution in [0.4, 0.5) is 4.79 Å². The molecule has 17 heavy (non-hydrogen) atoms. The Morgan fingerprint density at radius 3 is 2.41 bits per heavy atom. The number of nitrogens with two attached hydrogens (primary N) is 1. The van der Waals surface area contributed by atoms with Crippen molar-refractivity contribution < 1.29 is 14.6 Å². The van der Waals surface area contributed by atoms with Crippen molar-refractivity contribution in [1.29, 1.82) is 0 Å². The number of amides is 1. The zero-order chi connectivity index (χ0) is 13.5. The van der Waals surface area contributed by atoms with E-state index in [4.69, 9.17) is 15.6 Å². The number of alkyl carbamates (subject to hydrolysis) is 1. The second-order valence-electron chi connectivity index (χ2n) is 5.27. The predicted octanol–water partition coefficient (Wildman–Crippen LogP) is 1.39. The summed E-state index contributed by atoms with van der Waals surface area (Å²) in [6.07, 6.45) is 3.68. The minimum Gasteiger partial charge on any atom is -0.444 e. The second kappa shape index (κ2) is 7.50. The predicted molar refractivity (Wildman–Crippen MR) is 67.7 cm³/mol. The van der Waals surface area contributed by atoms with E-state index in [0.717, 1.165) is 32.8 Å². The van der Waals surface area contributed by atoms with Crippen molar-refractivity contribution in [1.82, 2.24) is 5.32 Å². The van der Waals surface area contributed by atoms with Crippen molar-refractivity contribution in [2.45, 2.75) is 64.1 Å². The van der Waals surface area contributed by atoms with E-state index >= 15 is 0 Å². The maximum atomic E-state index is 11.5. The first-order valence-corrected chi connectivity index (χ1v) is 6.06. The minimum absolute atomic E-state index is 0.184. The van der Waals surface area contributed by atoms with Crippen LogP contribution in [0.3, 0.4) is 0 Å². The van der Waals surface area contributed by atoms with Crippen molar-refractivity contribution in [3.63, 3.8) is 0 Å². The van der Waals surface area contributed by atoms with E-state index in [0.29, 0.717) is 0 Å². The molecule has 0 heterocycles. The molecular formula is C12H26N2O3. The summed E-state index contributed by atoms with van der Waals surface area (Å²) >= 11 is 0. The van der Waals surface area contributed by atoms with Crippen LogP contribution in [0.25, 0.3) is 0 Å². The summed E-state index contributed by atoms with van der Waals surface area (Å²) in [4.78, 5) is 11.5. The molecule has 5 heteroatoms. The van der Waals surface area contributed by atoms with Gasteiger partial charge >= 0.3 is 6.09 Å². The van der Waals surface area contributed by atoms with Gasteiger partial charge in [0.1, 0.15) is 5.60 Å². The third-order valence-corrected chi connectivity index (χ3v) is 2.44. The first-order valence-electron chi connectivity index (χ1n) is 6.06. The quantitative estimate of drug-likeness (QED) is 0.652. The lowest BCUT2D eigenvalue weighted by atomic mass is 9.92. The maximum Gasteiger partial charge on any atom is 0.407 e. The highest BCUT2D eigenvalue weighted by Crippen LogP contribution is 2.17. The molecule has 1 aliphatic rings. The smallest absolute Gasteiger partial charge is 0.407 e. The second-order valence-corrected chi connectivity index (χ2v) is 5.27. The topological polar surface area (TPSA) is 84.6 Å². The van der Waals surface area contributed by atoms with E-state index in [1.54, 1.807) is 0 Å². The number of carbonyl (C=O) groups is 1. The Hall–Kier alpha value is -0.810. The number of rotatable bonds is 1. The molecule has 0 bridgehead atoms. The van der Waals surface area contributed by atoms with Crippen molar-refractivity contribution >= 4 is 6.09 Å². The van der Waals surface area contributed by atoms with Crippen molar-refractivity contribution in [3.8, 4) is 0 Å². The SMILES string of the molecule is CC(C)(C)OC(=O)N[C@H]1CCCC(N)C1.CO. The molecule has 5 nitrogen and oxygen atoms in total. The van der Waals surface area contributed by atoms with Gasteiger partial charge in [0.15, 0.2) is 0 Å². The van der Waals surface area contributed by atoms with Crippen molar-refractivity contribution in [2.24, 2.45) is 5.73 Å². The highest BCUT2D eigenvalue weighted by Gasteiger charge is 2.23. The number of carbonyl (C=O) groups excluding carboxylic acids is 1. The molecule has 4 N–H and O–H groups in total. The van der Waals surface area contributed by atoms with Gasteiger partial charge in [-0.3, -0.25) is 0 Å². The number of hydrogen-bond donors (Lipinski definition) is 3. The Labute approximate surface area is 104 Å². The van der Waals surface area contributed by atoms with Crippen LogP contribution in [-0.4, -0.2) is 36.0 Å². The maximum absolute atomic E-state index is 11.5. The van der Waals surface area contributed by atoms with Crippen LogP contribution in [0.1, 0.15) is 46.5 Å². The summed E-state index contributed by atoms with van der Waals surface area (Å²) in [5.41, 5.74) is 5.41. The minimum atomic E-state index is -0.430. The first-order chi connectivity index (χ1) is 7.87. The summed E-state index contributed by atoms with van der Waals surface area (Å²) in [5.74, 6) is 0. The molecule has 1 aliphatic carbocycles. The number of aliphatic hydroxyl groups is 1. The fourth-order valence-corrected chi connectivity index (χ4v) is 1.83. The van der Waals surface area contributed by atoms with Crippen molar-refractivity contribution in [3.05, 3.63) is 0 Å². The molecule has 0 aromatic rings. The third-order valence-electron chi connectivity index (χ3n) is 2.44. The lowest BCUT2D eigenvalue weighted by Crippen LogP contribution is -2.44. The fourth-order valence-electron chi connectivity index (χ4n) is 1.83. The van der Waals surface area contributed by atoms with Gasteiger partial charge in [0.2, 0.25) is 0 Å². The Bertz CT molecular complexity index is 226. The highest BCUT2D eigenvalue weighted by atomic mass is 16.6. The molecule has 1 saturated carbocycles. The van der Waals surface area contributed by atoms with E-state index in [1.165, 1.54) is 0 Å². The summed E-state index contributed by atoms with van der Waals surface area (Å²) in [7, 11) is 1.00. The number of nitrogens with one attached hydrogen (secondary N) is 1. The van der Waals surface area contributed by atoms with Gasteiger partial charge in [-0.2, -0.15) is 0 Å². The Kier molecular flexibility index (Phi) is 7.15. The number of aliphatic hydroxyl groups excluding tert-OH is 1. The first kappa shape index (κ1) is 16.2. The molecule has 102 valence electrons. The van der Waals surface area contributed by atoms with Crippen LogP contribution >= 0.6 is 0 Å². The van der Waals surface area contributed by atoms with Gasteiger partial charge in [-0.15, -0.1) is 0 Å². The molecule has 2 atom stereocenters. The summed E-state index contributed by atoms with van der Waals surface area (Å²) in [6, 6.07) is 0.405. The lowest BCUT2D eigenvalue weighted by Gasteiger charge is -2.28. The third kappa shape index (κ3) is 7.99. The van der Waals surface area contributed by atoms with E-state index < -0.39 is 5.60 Å². The van der Waals surface area contributed by atoms with Crippen LogP contribution in [0, 0.1) is 0 Å². The van der Waals surface area contributed by atoms with Gasteiger partial charge in [-0.1, -0.05) is 0 Å². The summed E-state index contributed by atoms with van der Waals surface area (Å²) in [6.45, 7) is 5.58. The average Bonchev–Trinajstić information content (AvgIpc) is 2.17. The average molecular weight is 246 g/mol.